The first-order valence-electron chi connectivity index (χ1n) is 12.6. The van der Waals surface area contributed by atoms with Crippen LogP contribution >= 0.6 is 0 Å². The minimum Gasteiger partial charge on any atom is -0.497 e. The summed E-state index contributed by atoms with van der Waals surface area (Å²) in [6.07, 6.45) is 11.1. The number of piperidine rings is 2. The maximum Gasteiger partial charge on any atom is 0.227 e. The molecule has 0 radical (unpaired) electrons. The van der Waals surface area contributed by atoms with E-state index in [1.807, 2.05) is 24.3 Å². The van der Waals surface area contributed by atoms with Crippen LogP contribution in [0.4, 0.5) is 5.69 Å². The Kier molecular flexibility index (Phi) is 8.06. The van der Waals surface area contributed by atoms with E-state index in [0.29, 0.717) is 11.9 Å². The molecule has 1 saturated carbocycles. The number of rotatable bonds is 7. The summed E-state index contributed by atoms with van der Waals surface area (Å²) in [5.41, 5.74) is 0.793. The van der Waals surface area contributed by atoms with Crippen molar-refractivity contribution in [2.45, 2.75) is 70.3 Å². The standard InChI is InChI=1S/C26H39N3O3/c1-32-24-8-4-7-22(19-24)27-26(31)21-11-15-28(16-12-21)23-13-17-29(18-14-23)25(30)10-9-20-5-2-3-6-20/h4,7-8,19-21,23H,2-3,5-6,9-18H2,1H3,(H,27,31). The van der Waals surface area contributed by atoms with E-state index in [0.717, 1.165) is 82.1 Å². The van der Waals surface area contributed by atoms with Gasteiger partial charge in [-0.05, 0) is 63.2 Å². The van der Waals surface area contributed by atoms with E-state index in [-0.39, 0.29) is 11.8 Å². The van der Waals surface area contributed by atoms with Gasteiger partial charge in [0, 0.05) is 43.2 Å². The van der Waals surface area contributed by atoms with Crippen LogP contribution in [0, 0.1) is 11.8 Å². The number of carbonyl (C=O) groups is 2. The summed E-state index contributed by atoms with van der Waals surface area (Å²) in [4.78, 5) is 30.0. The van der Waals surface area contributed by atoms with Crippen LogP contribution in [-0.2, 0) is 9.59 Å². The zero-order valence-corrected chi connectivity index (χ0v) is 19.6. The summed E-state index contributed by atoms with van der Waals surface area (Å²) in [5, 5.41) is 3.05. The first kappa shape index (κ1) is 23.1. The first-order chi connectivity index (χ1) is 15.6. The highest BCUT2D eigenvalue weighted by Gasteiger charge is 2.31. The summed E-state index contributed by atoms with van der Waals surface area (Å²) >= 11 is 0. The molecule has 3 fully saturated rings. The first-order valence-corrected chi connectivity index (χ1v) is 12.6. The van der Waals surface area contributed by atoms with Crippen molar-refractivity contribution in [3.8, 4) is 5.75 Å². The second-order valence-corrected chi connectivity index (χ2v) is 9.83. The Morgan fingerprint density at radius 2 is 1.72 bits per heavy atom. The number of nitrogens with zero attached hydrogens (tertiary/aromatic N) is 2. The second-order valence-electron chi connectivity index (χ2n) is 9.83. The van der Waals surface area contributed by atoms with Gasteiger partial charge >= 0.3 is 0 Å². The molecule has 3 aliphatic rings. The van der Waals surface area contributed by atoms with Crippen LogP contribution in [0.1, 0.15) is 64.2 Å². The highest BCUT2D eigenvalue weighted by Crippen LogP contribution is 2.30. The van der Waals surface area contributed by atoms with E-state index < -0.39 is 0 Å². The number of methoxy groups -OCH3 is 1. The quantitative estimate of drug-likeness (QED) is 0.685. The molecule has 2 heterocycles. The van der Waals surface area contributed by atoms with Crippen molar-refractivity contribution >= 4 is 17.5 Å². The van der Waals surface area contributed by atoms with Crippen molar-refractivity contribution in [3.63, 3.8) is 0 Å². The number of hydrogen-bond acceptors (Lipinski definition) is 4. The lowest BCUT2D eigenvalue weighted by molar-refractivity contribution is -0.133. The molecule has 1 aromatic carbocycles. The molecule has 0 unspecified atom stereocenters. The molecule has 0 spiro atoms. The Bertz CT molecular complexity index is 761. The molecule has 2 amide bonds. The highest BCUT2D eigenvalue weighted by atomic mass is 16.5. The maximum atomic E-state index is 12.7. The molecule has 0 atom stereocenters. The number of likely N-dealkylation sites (tertiary alicyclic amines) is 2. The predicted molar refractivity (Wildman–Crippen MR) is 127 cm³/mol. The fourth-order valence-electron chi connectivity index (χ4n) is 5.74. The van der Waals surface area contributed by atoms with Crippen molar-refractivity contribution in [2.75, 3.05) is 38.6 Å². The van der Waals surface area contributed by atoms with E-state index >= 15 is 0 Å². The normalized spacial score (nSPS) is 21.6. The topological polar surface area (TPSA) is 61.9 Å². The summed E-state index contributed by atoms with van der Waals surface area (Å²) in [7, 11) is 1.63. The number of carbonyl (C=O) groups excluding carboxylic acids is 2. The van der Waals surface area contributed by atoms with Gasteiger partial charge < -0.3 is 19.9 Å². The molecular formula is C26H39N3O3. The third-order valence-electron chi connectivity index (χ3n) is 7.81. The van der Waals surface area contributed by atoms with Gasteiger partial charge in [0.1, 0.15) is 5.75 Å². The molecule has 2 saturated heterocycles. The van der Waals surface area contributed by atoms with Crippen LogP contribution < -0.4 is 10.1 Å². The van der Waals surface area contributed by atoms with Gasteiger partial charge in [0.25, 0.3) is 0 Å². The number of nitrogens with one attached hydrogen (secondary N) is 1. The molecule has 0 aromatic heterocycles. The van der Waals surface area contributed by atoms with Gasteiger partial charge in [-0.2, -0.15) is 0 Å². The summed E-state index contributed by atoms with van der Waals surface area (Å²) in [6, 6.07) is 8.08. The summed E-state index contributed by atoms with van der Waals surface area (Å²) in [6.45, 7) is 3.72. The molecule has 1 aromatic rings. The SMILES string of the molecule is COc1cccc(NC(=O)C2CCN(C3CCN(C(=O)CCC4CCCC4)CC3)CC2)c1. The summed E-state index contributed by atoms with van der Waals surface area (Å²) in [5.74, 6) is 2.08. The average molecular weight is 442 g/mol. The van der Waals surface area contributed by atoms with Gasteiger partial charge in [-0.15, -0.1) is 0 Å². The minimum atomic E-state index is 0.0645. The number of ether oxygens (including phenoxy) is 1. The fourth-order valence-corrected chi connectivity index (χ4v) is 5.74. The smallest absolute Gasteiger partial charge is 0.227 e. The molecule has 176 valence electrons. The average Bonchev–Trinajstić information content (AvgIpc) is 3.36. The number of benzene rings is 1. The third-order valence-corrected chi connectivity index (χ3v) is 7.81. The van der Waals surface area contributed by atoms with E-state index in [2.05, 4.69) is 15.1 Å². The monoisotopic (exact) mass is 441 g/mol. The maximum absolute atomic E-state index is 12.7. The van der Waals surface area contributed by atoms with Crippen LogP contribution in [0.25, 0.3) is 0 Å². The number of amides is 2. The van der Waals surface area contributed by atoms with Gasteiger partial charge in [-0.3, -0.25) is 9.59 Å². The zero-order valence-electron chi connectivity index (χ0n) is 19.6. The number of hydrogen-bond donors (Lipinski definition) is 1. The van der Waals surface area contributed by atoms with Crippen LogP contribution in [-0.4, -0.2) is 60.9 Å². The third kappa shape index (κ3) is 6.03. The molecule has 1 aliphatic carbocycles. The molecule has 2 aliphatic heterocycles. The Morgan fingerprint density at radius 1 is 1.00 bits per heavy atom. The molecule has 6 heteroatoms. The molecular weight excluding hydrogens is 402 g/mol. The van der Waals surface area contributed by atoms with Crippen molar-refractivity contribution < 1.29 is 14.3 Å². The van der Waals surface area contributed by atoms with Crippen LogP contribution in [0.5, 0.6) is 5.75 Å². The van der Waals surface area contributed by atoms with Crippen LogP contribution in [0.2, 0.25) is 0 Å². The molecule has 32 heavy (non-hydrogen) atoms. The lowest BCUT2D eigenvalue weighted by atomic mass is 9.92. The van der Waals surface area contributed by atoms with Crippen molar-refractivity contribution in [1.82, 2.24) is 9.80 Å². The zero-order chi connectivity index (χ0) is 22.3. The Labute approximate surface area is 192 Å². The second kappa shape index (κ2) is 11.2. The van der Waals surface area contributed by atoms with E-state index in [9.17, 15) is 9.59 Å². The fraction of sp³-hybridized carbons (Fsp3) is 0.692. The molecule has 0 bridgehead atoms. The number of anilines is 1. The summed E-state index contributed by atoms with van der Waals surface area (Å²) < 4.78 is 5.24. The van der Waals surface area contributed by atoms with Gasteiger partial charge in [-0.25, -0.2) is 0 Å². The Morgan fingerprint density at radius 3 is 2.41 bits per heavy atom. The minimum absolute atomic E-state index is 0.0645. The van der Waals surface area contributed by atoms with E-state index in [1.54, 1.807) is 7.11 Å². The Hall–Kier alpha value is -2.08. The van der Waals surface area contributed by atoms with Gasteiger partial charge in [0.2, 0.25) is 11.8 Å². The molecule has 4 rings (SSSR count). The highest BCUT2D eigenvalue weighted by molar-refractivity contribution is 5.92. The Balaban J connectivity index is 1.16. The van der Waals surface area contributed by atoms with Crippen LogP contribution in [0.15, 0.2) is 24.3 Å². The lowest BCUT2D eigenvalue weighted by Crippen LogP contribution is -2.49. The van der Waals surface area contributed by atoms with Crippen molar-refractivity contribution in [2.24, 2.45) is 11.8 Å². The van der Waals surface area contributed by atoms with Gasteiger partial charge in [-0.1, -0.05) is 31.7 Å². The lowest BCUT2D eigenvalue weighted by Gasteiger charge is -2.41. The predicted octanol–water partition coefficient (Wildman–Crippen LogP) is 4.31. The van der Waals surface area contributed by atoms with Gasteiger partial charge in [0.15, 0.2) is 0 Å². The van der Waals surface area contributed by atoms with Crippen molar-refractivity contribution in [1.29, 1.82) is 0 Å². The van der Waals surface area contributed by atoms with E-state index in [1.165, 1.54) is 25.7 Å². The van der Waals surface area contributed by atoms with Crippen molar-refractivity contribution in [3.05, 3.63) is 24.3 Å². The largest absolute Gasteiger partial charge is 0.497 e. The molecule has 6 nitrogen and oxygen atoms in total. The van der Waals surface area contributed by atoms with E-state index in [4.69, 9.17) is 4.74 Å². The van der Waals surface area contributed by atoms with Crippen LogP contribution in [0.3, 0.4) is 0 Å². The van der Waals surface area contributed by atoms with Gasteiger partial charge in [0.05, 0.1) is 7.11 Å². The molecule has 1 N–H and O–H groups in total.